The van der Waals surface area contributed by atoms with Gasteiger partial charge in [0.25, 0.3) is 6.26 Å². The highest BCUT2D eigenvalue weighted by Crippen LogP contribution is 2.17. The van der Waals surface area contributed by atoms with Gasteiger partial charge in [-0.1, -0.05) is 30.9 Å². The second-order valence-corrected chi connectivity index (χ2v) is 1.94. The van der Waals surface area contributed by atoms with Crippen molar-refractivity contribution in [2.45, 2.75) is 0 Å². The van der Waals surface area contributed by atoms with Crippen LogP contribution >= 0.6 is 0 Å². The standard InChI is InChI=1S/C9H7NO/c1-2-8-5-3-4-6-9(8)11-7-10/h2-6H,1H2. The maximum absolute atomic E-state index is 8.23. The Kier molecular flexibility index (Phi) is 2.29. The molecule has 0 aliphatic heterocycles. The number of hydrogen-bond acceptors (Lipinski definition) is 2. The van der Waals surface area contributed by atoms with Crippen molar-refractivity contribution in [1.82, 2.24) is 0 Å². The molecule has 0 aliphatic carbocycles. The molecule has 54 valence electrons. The number of para-hydroxylation sites is 1. The summed E-state index contributed by atoms with van der Waals surface area (Å²) in [6, 6.07) is 7.22. The Balaban J connectivity index is 3.04. The summed E-state index contributed by atoms with van der Waals surface area (Å²) in [5.74, 6) is 0.546. The van der Waals surface area contributed by atoms with Crippen LogP contribution in [0.3, 0.4) is 0 Å². The molecule has 1 aromatic rings. The van der Waals surface area contributed by atoms with Crippen molar-refractivity contribution in [1.29, 1.82) is 5.26 Å². The Hall–Kier alpha value is -1.75. The molecule has 0 amide bonds. The molecule has 1 aromatic carbocycles. The topological polar surface area (TPSA) is 33.0 Å². The van der Waals surface area contributed by atoms with E-state index < -0.39 is 0 Å². The van der Waals surface area contributed by atoms with Crippen LogP contribution in [-0.4, -0.2) is 0 Å². The molecule has 0 bridgehead atoms. The minimum atomic E-state index is 0.546. The highest BCUT2D eigenvalue weighted by molar-refractivity contribution is 5.55. The van der Waals surface area contributed by atoms with E-state index in [2.05, 4.69) is 11.3 Å². The first-order valence-electron chi connectivity index (χ1n) is 3.16. The molecule has 2 nitrogen and oxygen atoms in total. The second kappa shape index (κ2) is 3.43. The third-order valence-corrected chi connectivity index (χ3v) is 1.29. The van der Waals surface area contributed by atoms with Crippen molar-refractivity contribution in [3.05, 3.63) is 36.4 Å². The summed E-state index contributed by atoms with van der Waals surface area (Å²) in [5, 5.41) is 8.23. The molecule has 11 heavy (non-hydrogen) atoms. The first-order valence-corrected chi connectivity index (χ1v) is 3.16. The summed E-state index contributed by atoms with van der Waals surface area (Å²) < 4.78 is 4.66. The van der Waals surface area contributed by atoms with Gasteiger partial charge in [-0.3, -0.25) is 0 Å². The molecular formula is C9H7NO. The van der Waals surface area contributed by atoms with Crippen LogP contribution in [0.2, 0.25) is 0 Å². The van der Waals surface area contributed by atoms with E-state index >= 15 is 0 Å². The Bertz CT molecular complexity index is 299. The number of hydrogen-bond donors (Lipinski definition) is 0. The van der Waals surface area contributed by atoms with Crippen LogP contribution in [0.4, 0.5) is 0 Å². The summed E-state index contributed by atoms with van der Waals surface area (Å²) >= 11 is 0. The quantitative estimate of drug-likeness (QED) is 0.597. The number of nitrogens with zero attached hydrogens (tertiary/aromatic N) is 1. The van der Waals surface area contributed by atoms with E-state index in [1.165, 1.54) is 0 Å². The lowest BCUT2D eigenvalue weighted by molar-refractivity contribution is 0.506. The molecule has 1 rings (SSSR count). The Morgan fingerprint density at radius 3 is 2.82 bits per heavy atom. The molecule has 0 atom stereocenters. The van der Waals surface area contributed by atoms with Gasteiger partial charge in [-0.15, -0.1) is 5.26 Å². The van der Waals surface area contributed by atoms with Gasteiger partial charge in [-0.25, -0.2) is 0 Å². The van der Waals surface area contributed by atoms with E-state index in [4.69, 9.17) is 5.26 Å². The van der Waals surface area contributed by atoms with E-state index in [-0.39, 0.29) is 0 Å². The first kappa shape index (κ1) is 7.36. The summed E-state index contributed by atoms with van der Waals surface area (Å²) in [5.41, 5.74) is 0.828. The highest BCUT2D eigenvalue weighted by atomic mass is 16.5. The number of rotatable bonds is 2. The predicted octanol–water partition coefficient (Wildman–Crippen LogP) is 2.19. The van der Waals surface area contributed by atoms with Gasteiger partial charge in [0.1, 0.15) is 5.75 Å². The monoisotopic (exact) mass is 145 g/mol. The van der Waals surface area contributed by atoms with Crippen LogP contribution in [0.15, 0.2) is 30.8 Å². The Morgan fingerprint density at radius 1 is 1.45 bits per heavy atom. The van der Waals surface area contributed by atoms with Crippen LogP contribution in [0.25, 0.3) is 6.08 Å². The van der Waals surface area contributed by atoms with Gasteiger partial charge in [0.2, 0.25) is 0 Å². The maximum Gasteiger partial charge on any atom is 0.292 e. The molecule has 0 saturated carbocycles. The van der Waals surface area contributed by atoms with E-state index in [9.17, 15) is 0 Å². The number of ether oxygens (including phenoxy) is 1. The van der Waals surface area contributed by atoms with Gasteiger partial charge in [0, 0.05) is 5.56 Å². The molecule has 0 radical (unpaired) electrons. The third-order valence-electron chi connectivity index (χ3n) is 1.29. The Labute approximate surface area is 65.3 Å². The third kappa shape index (κ3) is 1.59. The van der Waals surface area contributed by atoms with E-state index in [0.29, 0.717) is 5.75 Å². The molecule has 0 saturated heterocycles. The zero-order valence-electron chi connectivity index (χ0n) is 5.95. The molecule has 2 heteroatoms. The molecule has 0 N–H and O–H groups in total. The molecule has 0 heterocycles. The average Bonchev–Trinajstić information content (AvgIpc) is 2.06. The highest BCUT2D eigenvalue weighted by Gasteiger charge is 1.96. The normalized spacial score (nSPS) is 8.27. The zero-order valence-corrected chi connectivity index (χ0v) is 5.95. The maximum atomic E-state index is 8.23. The van der Waals surface area contributed by atoms with Crippen molar-refractivity contribution in [2.24, 2.45) is 0 Å². The van der Waals surface area contributed by atoms with Gasteiger partial charge in [-0.05, 0) is 6.07 Å². The molecular weight excluding hydrogens is 138 g/mol. The van der Waals surface area contributed by atoms with Gasteiger partial charge >= 0.3 is 0 Å². The molecule has 0 aromatic heterocycles. The van der Waals surface area contributed by atoms with Gasteiger partial charge in [0.15, 0.2) is 0 Å². The van der Waals surface area contributed by atoms with Gasteiger partial charge in [0.05, 0.1) is 0 Å². The van der Waals surface area contributed by atoms with Crippen molar-refractivity contribution in [3.8, 4) is 12.0 Å². The largest absolute Gasteiger partial charge is 0.387 e. The smallest absolute Gasteiger partial charge is 0.292 e. The van der Waals surface area contributed by atoms with E-state index in [1.54, 1.807) is 24.5 Å². The first-order chi connectivity index (χ1) is 5.38. The van der Waals surface area contributed by atoms with Crippen LogP contribution < -0.4 is 4.74 Å². The fourth-order valence-corrected chi connectivity index (χ4v) is 0.791. The minimum Gasteiger partial charge on any atom is -0.387 e. The van der Waals surface area contributed by atoms with Crippen molar-refractivity contribution in [3.63, 3.8) is 0 Å². The van der Waals surface area contributed by atoms with Crippen LogP contribution in [0, 0.1) is 11.5 Å². The lowest BCUT2D eigenvalue weighted by Gasteiger charge is -1.98. The Morgan fingerprint density at radius 2 is 2.18 bits per heavy atom. The van der Waals surface area contributed by atoms with Crippen LogP contribution in [0.1, 0.15) is 5.56 Å². The van der Waals surface area contributed by atoms with Gasteiger partial charge in [-0.2, -0.15) is 0 Å². The van der Waals surface area contributed by atoms with Crippen LogP contribution in [-0.2, 0) is 0 Å². The average molecular weight is 145 g/mol. The molecule has 0 fully saturated rings. The van der Waals surface area contributed by atoms with E-state index in [0.717, 1.165) is 5.56 Å². The van der Waals surface area contributed by atoms with Crippen molar-refractivity contribution < 1.29 is 4.74 Å². The zero-order chi connectivity index (χ0) is 8.10. The minimum absolute atomic E-state index is 0.546. The number of benzene rings is 1. The fraction of sp³-hybridized carbons (Fsp3) is 0. The molecule has 0 unspecified atom stereocenters. The van der Waals surface area contributed by atoms with Crippen molar-refractivity contribution >= 4 is 6.08 Å². The lowest BCUT2D eigenvalue weighted by Crippen LogP contribution is -1.84. The molecule has 0 aliphatic rings. The second-order valence-electron chi connectivity index (χ2n) is 1.94. The van der Waals surface area contributed by atoms with Gasteiger partial charge < -0.3 is 4.74 Å². The summed E-state index contributed by atoms with van der Waals surface area (Å²) in [6.07, 6.45) is 3.26. The summed E-state index contributed by atoms with van der Waals surface area (Å²) in [6.45, 7) is 3.58. The fourth-order valence-electron chi connectivity index (χ4n) is 0.791. The predicted molar refractivity (Wildman–Crippen MR) is 42.8 cm³/mol. The molecule has 0 spiro atoms. The lowest BCUT2D eigenvalue weighted by atomic mass is 10.2. The van der Waals surface area contributed by atoms with E-state index in [1.807, 2.05) is 12.1 Å². The van der Waals surface area contributed by atoms with Crippen LogP contribution in [0.5, 0.6) is 5.75 Å². The summed E-state index contributed by atoms with van der Waals surface area (Å²) in [7, 11) is 0. The SMILES string of the molecule is C=Cc1ccccc1OC#N. The summed E-state index contributed by atoms with van der Waals surface area (Å²) in [4.78, 5) is 0. The number of nitriles is 1. The van der Waals surface area contributed by atoms with Crippen molar-refractivity contribution in [2.75, 3.05) is 0 Å².